The second kappa shape index (κ2) is 5.66. The van der Waals surface area contributed by atoms with Crippen molar-refractivity contribution in [1.29, 1.82) is 0 Å². The molecule has 1 aromatic heterocycles. The molecule has 4 nitrogen and oxygen atoms in total. The van der Waals surface area contributed by atoms with Gasteiger partial charge in [0.05, 0.1) is 18.7 Å². The number of piperidine rings is 1. The topological polar surface area (TPSA) is 52.6 Å². The molecule has 0 spiro atoms. The monoisotopic (exact) mass is 304 g/mol. The Morgan fingerprint density at radius 1 is 1.48 bits per heavy atom. The van der Waals surface area contributed by atoms with Crippen molar-refractivity contribution in [3.8, 4) is 0 Å². The highest BCUT2D eigenvalue weighted by Crippen LogP contribution is 2.25. The Balaban J connectivity index is 1.60. The first-order valence-electron chi connectivity index (χ1n) is 7.26. The van der Waals surface area contributed by atoms with Crippen LogP contribution >= 0.6 is 11.3 Å². The summed E-state index contributed by atoms with van der Waals surface area (Å²) < 4.78 is 1.24. The summed E-state index contributed by atoms with van der Waals surface area (Å²) in [5.74, 6) is 0. The van der Waals surface area contributed by atoms with Crippen molar-refractivity contribution in [2.75, 3.05) is 13.1 Å². The smallest absolute Gasteiger partial charge is 0.317 e. The first-order chi connectivity index (χ1) is 10.0. The largest absolute Gasteiger partial charge is 0.388 e. The number of hydrogen-bond acceptors (Lipinski definition) is 3. The molecule has 112 valence electrons. The number of nitrogens with one attached hydrogen (secondary N) is 1. The second-order valence-electron chi connectivity index (χ2n) is 5.93. The molecule has 0 radical (unpaired) electrons. The first-order valence-corrected chi connectivity index (χ1v) is 8.08. The zero-order chi connectivity index (χ0) is 14.9. The van der Waals surface area contributed by atoms with E-state index in [2.05, 4.69) is 23.5 Å². The number of likely N-dealkylation sites (tertiary alicyclic amines) is 1. The van der Waals surface area contributed by atoms with E-state index in [1.54, 1.807) is 23.2 Å². The number of rotatable bonds is 2. The number of amides is 2. The third-order valence-electron chi connectivity index (χ3n) is 3.85. The minimum Gasteiger partial charge on any atom is -0.388 e. The maximum absolute atomic E-state index is 12.2. The number of nitrogens with zero attached hydrogens (tertiary/aromatic N) is 1. The number of urea groups is 1. The average Bonchev–Trinajstić information content (AvgIpc) is 2.86. The molecule has 0 bridgehead atoms. The third-order valence-corrected chi connectivity index (χ3v) is 4.97. The van der Waals surface area contributed by atoms with E-state index in [1.807, 2.05) is 12.1 Å². The van der Waals surface area contributed by atoms with Crippen LogP contribution in [0, 0.1) is 0 Å². The summed E-state index contributed by atoms with van der Waals surface area (Å²) in [5, 5.41) is 14.2. The molecule has 1 aliphatic rings. The maximum Gasteiger partial charge on any atom is 0.317 e. The third kappa shape index (κ3) is 3.36. The van der Waals surface area contributed by atoms with Crippen molar-refractivity contribution in [1.82, 2.24) is 10.2 Å². The lowest BCUT2D eigenvalue weighted by Crippen LogP contribution is -2.51. The Bertz CT molecular complexity index is 618. The van der Waals surface area contributed by atoms with Gasteiger partial charge in [0.1, 0.15) is 0 Å². The summed E-state index contributed by atoms with van der Waals surface area (Å²) in [6.45, 7) is 3.45. The van der Waals surface area contributed by atoms with Crippen LogP contribution < -0.4 is 5.32 Å². The van der Waals surface area contributed by atoms with Gasteiger partial charge in [-0.15, -0.1) is 11.3 Å². The molecule has 1 aliphatic heterocycles. The summed E-state index contributed by atoms with van der Waals surface area (Å²) in [5.41, 5.74) is -0.757. The van der Waals surface area contributed by atoms with E-state index in [-0.39, 0.29) is 6.03 Å². The van der Waals surface area contributed by atoms with E-state index in [0.29, 0.717) is 19.6 Å². The van der Waals surface area contributed by atoms with E-state index in [0.717, 1.165) is 17.7 Å². The molecule has 2 N–H and O–H groups in total. The van der Waals surface area contributed by atoms with Crippen LogP contribution in [0.2, 0.25) is 0 Å². The zero-order valence-corrected chi connectivity index (χ0v) is 12.9. The Morgan fingerprint density at radius 3 is 3.05 bits per heavy atom. The van der Waals surface area contributed by atoms with Gasteiger partial charge in [0.2, 0.25) is 0 Å². The molecule has 1 saturated heterocycles. The van der Waals surface area contributed by atoms with Gasteiger partial charge in [-0.25, -0.2) is 4.79 Å². The Kier molecular flexibility index (Phi) is 3.87. The van der Waals surface area contributed by atoms with Gasteiger partial charge in [-0.2, -0.15) is 0 Å². The molecule has 1 unspecified atom stereocenters. The number of β-amino-alcohol motifs (C(OH)–C–C–N with tert-alkyl or cyclic N) is 1. The predicted octanol–water partition coefficient (Wildman–Crippen LogP) is 2.96. The fraction of sp³-hybridized carbons (Fsp3) is 0.438. The van der Waals surface area contributed by atoms with E-state index in [4.69, 9.17) is 0 Å². The van der Waals surface area contributed by atoms with Crippen LogP contribution in [0.1, 0.15) is 24.6 Å². The SMILES string of the molecule is CC1(O)CCCN(C(=O)NCc2cc3ccccc3s2)C1. The van der Waals surface area contributed by atoms with Crippen LogP contribution in [0.5, 0.6) is 0 Å². The van der Waals surface area contributed by atoms with Crippen LogP contribution in [0.3, 0.4) is 0 Å². The van der Waals surface area contributed by atoms with Crippen molar-refractivity contribution in [3.63, 3.8) is 0 Å². The molecule has 0 saturated carbocycles. The number of fused-ring (bicyclic) bond motifs is 1. The molecule has 3 rings (SSSR count). The van der Waals surface area contributed by atoms with Gasteiger partial charge in [0.15, 0.2) is 0 Å². The summed E-state index contributed by atoms with van der Waals surface area (Å²) in [6.07, 6.45) is 1.61. The van der Waals surface area contributed by atoms with Gasteiger partial charge in [-0.1, -0.05) is 18.2 Å². The molecule has 5 heteroatoms. The van der Waals surface area contributed by atoms with Gasteiger partial charge in [0.25, 0.3) is 0 Å². The van der Waals surface area contributed by atoms with Crippen LogP contribution in [0.25, 0.3) is 10.1 Å². The minimum absolute atomic E-state index is 0.0903. The summed E-state index contributed by atoms with van der Waals surface area (Å²) in [4.78, 5) is 15.0. The van der Waals surface area contributed by atoms with Crippen LogP contribution in [-0.2, 0) is 6.54 Å². The molecule has 2 aromatic rings. The van der Waals surface area contributed by atoms with Crippen molar-refractivity contribution in [3.05, 3.63) is 35.2 Å². The van der Waals surface area contributed by atoms with Crippen molar-refractivity contribution >= 4 is 27.5 Å². The van der Waals surface area contributed by atoms with E-state index >= 15 is 0 Å². The molecule has 1 atom stereocenters. The van der Waals surface area contributed by atoms with Crippen LogP contribution in [0.4, 0.5) is 4.79 Å². The van der Waals surface area contributed by atoms with E-state index < -0.39 is 5.60 Å². The zero-order valence-electron chi connectivity index (χ0n) is 12.1. The number of carbonyl (C=O) groups excluding carboxylic acids is 1. The fourth-order valence-corrected chi connectivity index (χ4v) is 3.80. The number of benzene rings is 1. The van der Waals surface area contributed by atoms with Crippen LogP contribution in [0.15, 0.2) is 30.3 Å². The predicted molar refractivity (Wildman–Crippen MR) is 85.5 cm³/mol. The number of thiophene rings is 1. The molecular formula is C16H20N2O2S. The summed E-state index contributed by atoms with van der Waals surface area (Å²) in [6, 6.07) is 10.2. The van der Waals surface area contributed by atoms with Crippen molar-refractivity contribution in [2.24, 2.45) is 0 Å². The number of hydrogen-bond donors (Lipinski definition) is 2. The van der Waals surface area contributed by atoms with Gasteiger partial charge in [-0.05, 0) is 37.3 Å². The molecule has 0 aliphatic carbocycles. The van der Waals surface area contributed by atoms with Gasteiger partial charge in [0, 0.05) is 16.1 Å². The first kappa shape index (κ1) is 14.4. The second-order valence-corrected chi connectivity index (χ2v) is 7.10. The highest BCUT2D eigenvalue weighted by Gasteiger charge is 2.30. The normalized spacial score (nSPS) is 22.5. The maximum atomic E-state index is 12.2. The Hall–Kier alpha value is -1.59. The van der Waals surface area contributed by atoms with Gasteiger partial charge >= 0.3 is 6.03 Å². The average molecular weight is 304 g/mol. The Morgan fingerprint density at radius 2 is 2.29 bits per heavy atom. The lowest BCUT2D eigenvalue weighted by atomic mass is 9.95. The Labute approximate surface area is 128 Å². The lowest BCUT2D eigenvalue weighted by molar-refractivity contribution is -0.00252. The quantitative estimate of drug-likeness (QED) is 0.896. The van der Waals surface area contributed by atoms with Crippen molar-refractivity contribution < 1.29 is 9.90 Å². The lowest BCUT2D eigenvalue weighted by Gasteiger charge is -2.36. The van der Waals surface area contributed by atoms with Crippen molar-refractivity contribution in [2.45, 2.75) is 31.9 Å². The highest BCUT2D eigenvalue weighted by atomic mass is 32.1. The molecule has 2 heterocycles. The molecule has 2 amide bonds. The summed E-state index contributed by atoms with van der Waals surface area (Å²) >= 11 is 1.70. The summed E-state index contributed by atoms with van der Waals surface area (Å²) in [7, 11) is 0. The van der Waals surface area contributed by atoms with E-state index in [1.165, 1.54) is 10.1 Å². The highest BCUT2D eigenvalue weighted by molar-refractivity contribution is 7.19. The molecule has 21 heavy (non-hydrogen) atoms. The molecular weight excluding hydrogens is 284 g/mol. The van der Waals surface area contributed by atoms with Gasteiger partial charge in [-0.3, -0.25) is 0 Å². The van der Waals surface area contributed by atoms with E-state index in [9.17, 15) is 9.90 Å². The molecule has 1 aromatic carbocycles. The van der Waals surface area contributed by atoms with Crippen LogP contribution in [-0.4, -0.2) is 34.7 Å². The number of carbonyl (C=O) groups is 1. The fourth-order valence-electron chi connectivity index (χ4n) is 2.79. The molecule has 1 fully saturated rings. The van der Waals surface area contributed by atoms with Gasteiger partial charge < -0.3 is 15.3 Å². The standard InChI is InChI=1S/C16H20N2O2S/c1-16(20)7-4-8-18(11-16)15(19)17-10-13-9-12-5-2-3-6-14(12)21-13/h2-3,5-6,9,20H,4,7-8,10-11H2,1H3,(H,17,19). The minimum atomic E-state index is -0.757. The number of aliphatic hydroxyl groups is 1.